The van der Waals surface area contributed by atoms with Gasteiger partial charge < -0.3 is 10.5 Å². The van der Waals surface area contributed by atoms with Gasteiger partial charge in [-0.1, -0.05) is 0 Å². The zero-order valence-corrected chi connectivity index (χ0v) is 8.51. The number of nitrogens with two attached hydrogens (primary N) is 1. The van der Waals surface area contributed by atoms with Crippen molar-refractivity contribution in [2.75, 3.05) is 12.3 Å². The Hall–Kier alpha value is -0.610. The molecule has 0 spiro atoms. The molecule has 3 nitrogen and oxygen atoms in total. The lowest BCUT2D eigenvalue weighted by Crippen LogP contribution is -2.21. The van der Waals surface area contributed by atoms with E-state index in [2.05, 4.69) is 11.9 Å². The van der Waals surface area contributed by atoms with Gasteiger partial charge >= 0.3 is 0 Å². The van der Waals surface area contributed by atoms with Gasteiger partial charge in [0.1, 0.15) is 5.82 Å². The van der Waals surface area contributed by atoms with Crippen molar-refractivity contribution in [3.8, 4) is 0 Å². The SMILES string of the molecule is C[C@@H]1C[C@@H](c2nc(N)cs2)CCO1. The highest BCUT2D eigenvalue weighted by molar-refractivity contribution is 7.10. The van der Waals surface area contributed by atoms with E-state index in [1.807, 2.05) is 5.38 Å². The lowest BCUT2D eigenvalue weighted by molar-refractivity contribution is 0.0186. The molecular weight excluding hydrogens is 184 g/mol. The van der Waals surface area contributed by atoms with Crippen molar-refractivity contribution in [3.05, 3.63) is 10.4 Å². The Bertz CT molecular complexity index is 287. The topological polar surface area (TPSA) is 48.1 Å². The molecule has 1 aromatic heterocycles. The quantitative estimate of drug-likeness (QED) is 0.751. The molecule has 1 fully saturated rings. The maximum absolute atomic E-state index is 5.59. The van der Waals surface area contributed by atoms with Gasteiger partial charge in [0, 0.05) is 17.9 Å². The molecule has 1 saturated heterocycles. The first-order valence-electron chi connectivity index (χ1n) is 4.58. The Morgan fingerprint density at radius 3 is 3.15 bits per heavy atom. The third-order valence-corrected chi connectivity index (χ3v) is 3.40. The third kappa shape index (κ3) is 2.00. The molecule has 4 heteroatoms. The molecule has 1 aliphatic rings. The molecule has 0 aromatic carbocycles. The van der Waals surface area contributed by atoms with Gasteiger partial charge in [-0.3, -0.25) is 0 Å². The van der Waals surface area contributed by atoms with E-state index in [4.69, 9.17) is 10.5 Å². The van der Waals surface area contributed by atoms with Gasteiger partial charge in [0.25, 0.3) is 0 Å². The van der Waals surface area contributed by atoms with Crippen LogP contribution >= 0.6 is 11.3 Å². The van der Waals surface area contributed by atoms with Crippen LogP contribution in [-0.4, -0.2) is 17.7 Å². The van der Waals surface area contributed by atoms with E-state index < -0.39 is 0 Å². The Kier molecular flexibility index (Phi) is 2.51. The van der Waals surface area contributed by atoms with Crippen LogP contribution in [0.15, 0.2) is 5.38 Å². The van der Waals surface area contributed by atoms with Gasteiger partial charge in [-0.15, -0.1) is 11.3 Å². The van der Waals surface area contributed by atoms with Crippen molar-refractivity contribution in [3.63, 3.8) is 0 Å². The predicted molar refractivity (Wildman–Crippen MR) is 53.9 cm³/mol. The molecular formula is C9H14N2OS. The van der Waals surface area contributed by atoms with E-state index >= 15 is 0 Å². The molecule has 0 unspecified atom stereocenters. The van der Waals surface area contributed by atoms with Crippen LogP contribution in [0.5, 0.6) is 0 Å². The molecule has 0 saturated carbocycles. The van der Waals surface area contributed by atoms with Crippen molar-refractivity contribution in [2.24, 2.45) is 0 Å². The van der Waals surface area contributed by atoms with Gasteiger partial charge in [-0.2, -0.15) is 0 Å². The van der Waals surface area contributed by atoms with Gasteiger partial charge in [0.15, 0.2) is 0 Å². The second-order valence-corrected chi connectivity index (χ2v) is 4.40. The minimum Gasteiger partial charge on any atom is -0.383 e. The molecule has 2 heterocycles. The van der Waals surface area contributed by atoms with E-state index in [1.165, 1.54) is 5.01 Å². The summed E-state index contributed by atoms with van der Waals surface area (Å²) in [6.07, 6.45) is 2.52. The highest BCUT2D eigenvalue weighted by Crippen LogP contribution is 2.32. The minimum absolute atomic E-state index is 0.365. The van der Waals surface area contributed by atoms with E-state index in [-0.39, 0.29) is 0 Å². The van der Waals surface area contributed by atoms with E-state index in [0.29, 0.717) is 17.8 Å². The molecule has 0 amide bonds. The van der Waals surface area contributed by atoms with Crippen molar-refractivity contribution < 1.29 is 4.74 Å². The molecule has 2 N–H and O–H groups in total. The molecule has 0 radical (unpaired) electrons. The fraction of sp³-hybridized carbons (Fsp3) is 0.667. The number of rotatable bonds is 1. The first-order valence-corrected chi connectivity index (χ1v) is 5.46. The van der Waals surface area contributed by atoms with Gasteiger partial charge in [0.2, 0.25) is 0 Å². The minimum atomic E-state index is 0.365. The van der Waals surface area contributed by atoms with Crippen LogP contribution in [0.1, 0.15) is 30.7 Å². The Morgan fingerprint density at radius 1 is 1.69 bits per heavy atom. The smallest absolute Gasteiger partial charge is 0.134 e. The van der Waals surface area contributed by atoms with Crippen LogP contribution in [0.25, 0.3) is 0 Å². The average Bonchev–Trinajstić information content (AvgIpc) is 2.52. The summed E-state index contributed by atoms with van der Waals surface area (Å²) in [5.41, 5.74) is 5.59. The first-order chi connectivity index (χ1) is 6.25. The molecule has 0 aliphatic carbocycles. The third-order valence-electron chi connectivity index (χ3n) is 2.37. The van der Waals surface area contributed by atoms with Crippen molar-refractivity contribution >= 4 is 17.2 Å². The number of aromatic nitrogens is 1. The average molecular weight is 198 g/mol. The summed E-state index contributed by atoms with van der Waals surface area (Å²) in [6.45, 7) is 2.97. The lowest BCUT2D eigenvalue weighted by atomic mass is 9.97. The van der Waals surface area contributed by atoms with Crippen molar-refractivity contribution in [2.45, 2.75) is 31.8 Å². The monoisotopic (exact) mass is 198 g/mol. The number of nitrogens with zero attached hydrogens (tertiary/aromatic N) is 1. The van der Waals surface area contributed by atoms with Crippen LogP contribution in [0.4, 0.5) is 5.82 Å². The second-order valence-electron chi connectivity index (χ2n) is 3.51. The van der Waals surface area contributed by atoms with Crippen LogP contribution in [-0.2, 0) is 4.74 Å². The van der Waals surface area contributed by atoms with E-state index in [1.54, 1.807) is 11.3 Å². The lowest BCUT2D eigenvalue weighted by Gasteiger charge is -2.25. The molecule has 1 aromatic rings. The molecule has 2 atom stereocenters. The summed E-state index contributed by atoms with van der Waals surface area (Å²) in [4.78, 5) is 4.31. The molecule has 2 rings (SSSR count). The van der Waals surface area contributed by atoms with Gasteiger partial charge in [-0.25, -0.2) is 4.98 Å². The zero-order chi connectivity index (χ0) is 9.26. The summed E-state index contributed by atoms with van der Waals surface area (Å²) in [5, 5.41) is 3.09. The summed E-state index contributed by atoms with van der Waals surface area (Å²) >= 11 is 1.67. The Morgan fingerprint density at radius 2 is 2.54 bits per heavy atom. The van der Waals surface area contributed by atoms with Crippen LogP contribution < -0.4 is 5.73 Å². The van der Waals surface area contributed by atoms with Gasteiger partial charge in [-0.05, 0) is 19.8 Å². The number of thiazole rings is 1. The Balaban J connectivity index is 2.08. The first kappa shape index (κ1) is 8.97. The van der Waals surface area contributed by atoms with Crippen molar-refractivity contribution in [1.82, 2.24) is 4.98 Å². The molecule has 0 bridgehead atoms. The van der Waals surface area contributed by atoms with Crippen LogP contribution in [0, 0.1) is 0 Å². The number of ether oxygens (including phenoxy) is 1. The predicted octanol–water partition coefficient (Wildman–Crippen LogP) is 2.01. The van der Waals surface area contributed by atoms with E-state index in [0.717, 1.165) is 19.4 Å². The Labute approximate surface area is 81.9 Å². The van der Waals surface area contributed by atoms with E-state index in [9.17, 15) is 0 Å². The molecule has 1 aliphatic heterocycles. The number of anilines is 1. The summed E-state index contributed by atoms with van der Waals surface area (Å²) in [7, 11) is 0. The summed E-state index contributed by atoms with van der Waals surface area (Å²) in [6, 6.07) is 0. The second kappa shape index (κ2) is 3.64. The highest BCUT2D eigenvalue weighted by Gasteiger charge is 2.22. The van der Waals surface area contributed by atoms with Crippen LogP contribution in [0.2, 0.25) is 0 Å². The number of hydrogen-bond acceptors (Lipinski definition) is 4. The zero-order valence-electron chi connectivity index (χ0n) is 7.69. The summed E-state index contributed by atoms with van der Waals surface area (Å²) in [5.74, 6) is 1.21. The summed E-state index contributed by atoms with van der Waals surface area (Å²) < 4.78 is 5.48. The molecule has 72 valence electrons. The standard InChI is InChI=1S/C9H14N2OS/c1-6-4-7(2-3-12-6)9-11-8(10)5-13-9/h5-7H,2-4,10H2,1H3/t6-,7+/m1/s1. The van der Waals surface area contributed by atoms with Crippen LogP contribution in [0.3, 0.4) is 0 Å². The fourth-order valence-corrected chi connectivity index (χ4v) is 2.57. The largest absolute Gasteiger partial charge is 0.383 e. The number of hydrogen-bond donors (Lipinski definition) is 1. The maximum atomic E-state index is 5.59. The fourth-order valence-electron chi connectivity index (χ4n) is 1.71. The normalized spacial score (nSPS) is 29.0. The number of nitrogen functional groups attached to an aromatic ring is 1. The maximum Gasteiger partial charge on any atom is 0.134 e. The van der Waals surface area contributed by atoms with Crippen molar-refractivity contribution in [1.29, 1.82) is 0 Å². The van der Waals surface area contributed by atoms with Gasteiger partial charge in [0.05, 0.1) is 11.1 Å². The molecule has 13 heavy (non-hydrogen) atoms. The highest BCUT2D eigenvalue weighted by atomic mass is 32.1.